The van der Waals surface area contributed by atoms with E-state index in [-0.39, 0.29) is 12.0 Å². The van der Waals surface area contributed by atoms with Crippen LogP contribution in [0.1, 0.15) is 15.9 Å². The van der Waals surface area contributed by atoms with Crippen LogP contribution in [0.5, 0.6) is 0 Å². The number of amides is 2. The lowest BCUT2D eigenvalue weighted by molar-refractivity contribution is 0.0664. The van der Waals surface area contributed by atoms with E-state index in [1.165, 1.54) is 0 Å². The van der Waals surface area contributed by atoms with Gasteiger partial charge in [0.2, 0.25) is 0 Å². The van der Waals surface area contributed by atoms with Crippen LogP contribution in [0.25, 0.3) is 11.1 Å². The predicted octanol–water partition coefficient (Wildman–Crippen LogP) is 2.69. The zero-order valence-corrected chi connectivity index (χ0v) is 16.1. The number of likely N-dealkylation sites (N-methyl/N-ethyl adjacent to an activating group) is 1. The van der Waals surface area contributed by atoms with Crippen molar-refractivity contribution in [1.29, 1.82) is 0 Å². The van der Waals surface area contributed by atoms with Crippen molar-refractivity contribution < 1.29 is 14.3 Å². The van der Waals surface area contributed by atoms with Crippen molar-refractivity contribution in [2.45, 2.75) is 6.54 Å². The van der Waals surface area contributed by atoms with E-state index in [1.54, 1.807) is 4.90 Å². The molecule has 4 rings (SSSR count). The van der Waals surface area contributed by atoms with Gasteiger partial charge in [-0.05, 0) is 35.9 Å². The van der Waals surface area contributed by atoms with Crippen molar-refractivity contribution in [2.75, 3.05) is 46.4 Å². The summed E-state index contributed by atoms with van der Waals surface area (Å²) in [6.07, 6.45) is -0.251. The van der Waals surface area contributed by atoms with E-state index in [9.17, 15) is 9.59 Å². The molecule has 2 fully saturated rings. The molecule has 0 aliphatic carbocycles. The van der Waals surface area contributed by atoms with Crippen LogP contribution in [0.3, 0.4) is 0 Å². The lowest BCUT2D eigenvalue weighted by atomic mass is 10.0. The molecule has 0 saturated carbocycles. The maximum Gasteiger partial charge on any atom is 0.410 e. The fourth-order valence-electron chi connectivity index (χ4n) is 3.62. The van der Waals surface area contributed by atoms with Crippen molar-refractivity contribution in [3.8, 4) is 11.1 Å². The minimum atomic E-state index is -0.251. The average molecular weight is 379 g/mol. The predicted molar refractivity (Wildman–Crippen MR) is 107 cm³/mol. The molecule has 0 N–H and O–H groups in total. The average Bonchev–Trinajstić information content (AvgIpc) is 3.13. The molecule has 28 heavy (non-hydrogen) atoms. The lowest BCUT2D eigenvalue weighted by Crippen LogP contribution is -2.47. The van der Waals surface area contributed by atoms with Gasteiger partial charge in [-0.1, -0.05) is 36.4 Å². The second kappa shape index (κ2) is 8.02. The number of carbonyl (C=O) groups excluding carboxylic acids is 2. The Kier molecular flexibility index (Phi) is 5.30. The Hall–Kier alpha value is -2.86. The smallest absolute Gasteiger partial charge is 0.410 e. The van der Waals surface area contributed by atoms with Gasteiger partial charge in [0.25, 0.3) is 5.91 Å². The Morgan fingerprint density at radius 3 is 2.39 bits per heavy atom. The Balaban J connectivity index is 1.46. The first-order valence-corrected chi connectivity index (χ1v) is 9.69. The molecule has 2 heterocycles. The molecule has 0 atom stereocenters. The highest BCUT2D eigenvalue weighted by Crippen LogP contribution is 2.23. The van der Waals surface area contributed by atoms with Crippen molar-refractivity contribution in [3.05, 3.63) is 59.7 Å². The molecule has 2 aromatic carbocycles. The Morgan fingerprint density at radius 1 is 0.964 bits per heavy atom. The van der Waals surface area contributed by atoms with E-state index in [4.69, 9.17) is 4.74 Å². The zero-order chi connectivity index (χ0) is 19.5. The third kappa shape index (κ3) is 4.02. The number of nitrogens with zero attached hydrogens (tertiary/aromatic N) is 3. The molecule has 2 aliphatic heterocycles. The molecule has 2 saturated heterocycles. The minimum absolute atomic E-state index is 0.0964. The number of hydrogen-bond donors (Lipinski definition) is 0. The van der Waals surface area contributed by atoms with Crippen molar-refractivity contribution in [2.24, 2.45) is 0 Å². The molecule has 2 aromatic rings. The first-order chi connectivity index (χ1) is 13.6. The Morgan fingerprint density at radius 2 is 1.71 bits per heavy atom. The molecule has 146 valence electrons. The summed E-state index contributed by atoms with van der Waals surface area (Å²) in [6, 6.07) is 15.9. The monoisotopic (exact) mass is 379 g/mol. The lowest BCUT2D eigenvalue weighted by Gasteiger charge is -2.32. The van der Waals surface area contributed by atoms with Gasteiger partial charge in [-0.15, -0.1) is 0 Å². The third-order valence-corrected chi connectivity index (χ3v) is 5.41. The number of ether oxygens (including phenoxy) is 1. The Bertz CT molecular complexity index is 858. The summed E-state index contributed by atoms with van der Waals surface area (Å²) < 4.78 is 4.97. The summed E-state index contributed by atoms with van der Waals surface area (Å²) in [5, 5.41) is 0. The molecule has 2 aliphatic rings. The van der Waals surface area contributed by atoms with E-state index < -0.39 is 0 Å². The van der Waals surface area contributed by atoms with Gasteiger partial charge in [-0.2, -0.15) is 0 Å². The summed E-state index contributed by atoms with van der Waals surface area (Å²) >= 11 is 0. The summed E-state index contributed by atoms with van der Waals surface area (Å²) in [6.45, 7) is 5.03. The second-order valence-corrected chi connectivity index (χ2v) is 7.41. The standard InChI is InChI=1S/C22H25N3O3/c1-23-9-11-24(12-10-23)21(26)20-4-2-3-19(15-20)18-7-5-17(6-8-18)16-25-13-14-28-22(25)27/h2-8,15H,9-14,16H2,1H3. The van der Waals surface area contributed by atoms with Gasteiger partial charge in [0.15, 0.2) is 0 Å². The molecule has 0 bridgehead atoms. The van der Waals surface area contributed by atoms with Gasteiger partial charge in [0.05, 0.1) is 6.54 Å². The fourth-order valence-corrected chi connectivity index (χ4v) is 3.62. The van der Waals surface area contributed by atoms with Crippen molar-refractivity contribution in [1.82, 2.24) is 14.7 Å². The molecule has 0 unspecified atom stereocenters. The molecule has 6 nitrogen and oxygen atoms in total. The highest BCUT2D eigenvalue weighted by Gasteiger charge is 2.22. The summed E-state index contributed by atoms with van der Waals surface area (Å²) in [5.41, 5.74) is 3.87. The molecular formula is C22H25N3O3. The van der Waals surface area contributed by atoms with Crippen LogP contribution in [0.15, 0.2) is 48.5 Å². The van der Waals surface area contributed by atoms with Crippen LogP contribution >= 0.6 is 0 Å². The number of hydrogen-bond acceptors (Lipinski definition) is 4. The minimum Gasteiger partial charge on any atom is -0.448 e. The largest absolute Gasteiger partial charge is 0.448 e. The van der Waals surface area contributed by atoms with Crippen LogP contribution in [-0.2, 0) is 11.3 Å². The maximum absolute atomic E-state index is 12.8. The van der Waals surface area contributed by atoms with E-state index in [0.29, 0.717) is 19.7 Å². The van der Waals surface area contributed by atoms with Crippen molar-refractivity contribution >= 4 is 12.0 Å². The van der Waals surface area contributed by atoms with Crippen LogP contribution in [-0.4, -0.2) is 73.1 Å². The fraction of sp³-hybridized carbons (Fsp3) is 0.364. The van der Waals surface area contributed by atoms with E-state index in [0.717, 1.165) is 48.4 Å². The quantitative estimate of drug-likeness (QED) is 0.820. The zero-order valence-electron chi connectivity index (χ0n) is 16.1. The maximum atomic E-state index is 12.8. The highest BCUT2D eigenvalue weighted by atomic mass is 16.6. The topological polar surface area (TPSA) is 53.1 Å². The first-order valence-electron chi connectivity index (χ1n) is 9.69. The molecule has 6 heteroatoms. The van der Waals surface area contributed by atoms with Crippen LogP contribution in [0, 0.1) is 0 Å². The highest BCUT2D eigenvalue weighted by molar-refractivity contribution is 5.95. The summed E-state index contributed by atoms with van der Waals surface area (Å²) in [7, 11) is 2.08. The second-order valence-electron chi connectivity index (χ2n) is 7.41. The number of rotatable bonds is 4. The van der Waals surface area contributed by atoms with E-state index in [2.05, 4.69) is 11.9 Å². The summed E-state index contributed by atoms with van der Waals surface area (Å²) in [5.74, 6) is 0.0964. The molecule has 2 amide bonds. The molecule has 0 spiro atoms. The number of piperazine rings is 1. The van der Waals surface area contributed by atoms with Crippen LogP contribution in [0.2, 0.25) is 0 Å². The number of cyclic esters (lactones) is 1. The molecule has 0 radical (unpaired) electrons. The van der Waals surface area contributed by atoms with Gasteiger partial charge in [0, 0.05) is 38.3 Å². The van der Waals surface area contributed by atoms with Crippen molar-refractivity contribution in [3.63, 3.8) is 0 Å². The van der Waals surface area contributed by atoms with Gasteiger partial charge < -0.3 is 19.4 Å². The summed E-state index contributed by atoms with van der Waals surface area (Å²) in [4.78, 5) is 30.3. The van der Waals surface area contributed by atoms with Crippen LogP contribution < -0.4 is 0 Å². The number of carbonyl (C=O) groups is 2. The van der Waals surface area contributed by atoms with Crippen LogP contribution in [0.4, 0.5) is 4.79 Å². The Labute approximate surface area is 165 Å². The normalized spacial score (nSPS) is 17.7. The SMILES string of the molecule is CN1CCN(C(=O)c2cccc(-c3ccc(CN4CCOC4=O)cc3)c2)CC1. The van der Waals surface area contributed by atoms with E-state index in [1.807, 2.05) is 53.4 Å². The molecule has 0 aromatic heterocycles. The van der Waals surface area contributed by atoms with Gasteiger partial charge >= 0.3 is 6.09 Å². The molecular weight excluding hydrogens is 354 g/mol. The van der Waals surface area contributed by atoms with Gasteiger partial charge in [0.1, 0.15) is 6.61 Å². The number of benzene rings is 2. The third-order valence-electron chi connectivity index (χ3n) is 5.41. The van der Waals surface area contributed by atoms with Gasteiger partial charge in [-0.3, -0.25) is 4.79 Å². The first kappa shape index (κ1) is 18.5. The van der Waals surface area contributed by atoms with Gasteiger partial charge in [-0.25, -0.2) is 4.79 Å². The van der Waals surface area contributed by atoms with E-state index >= 15 is 0 Å².